The highest BCUT2D eigenvalue weighted by molar-refractivity contribution is 5.88. The van der Waals surface area contributed by atoms with Gasteiger partial charge in [-0.05, 0) is 39.9 Å². The van der Waals surface area contributed by atoms with Crippen molar-refractivity contribution < 1.29 is 32.6 Å². The zero-order valence-corrected chi connectivity index (χ0v) is 18.8. The Kier molecular flexibility index (Phi) is 5.91. The summed E-state index contributed by atoms with van der Waals surface area (Å²) >= 11 is 0. The predicted octanol–water partition coefficient (Wildman–Crippen LogP) is 5.72. The number of ether oxygens (including phenoxy) is 1. The number of alkyl carbamates (subject to hydrolysis) is 1. The maximum Gasteiger partial charge on any atom is 0.417 e. The third-order valence-electron chi connectivity index (χ3n) is 6.45. The maximum absolute atomic E-state index is 13.5. The van der Waals surface area contributed by atoms with E-state index >= 15 is 0 Å². The van der Waals surface area contributed by atoms with E-state index in [1.54, 1.807) is 0 Å². The number of carbonyl (C=O) groups is 2. The third-order valence-corrected chi connectivity index (χ3v) is 6.45. The molecule has 0 spiro atoms. The monoisotopic (exact) mass is 494 g/mol. The van der Waals surface area contributed by atoms with Crippen LogP contribution in [0, 0.1) is 0 Å². The van der Waals surface area contributed by atoms with E-state index in [0.29, 0.717) is 0 Å². The molecule has 0 unspecified atom stereocenters. The maximum atomic E-state index is 13.5. The quantitative estimate of drug-likeness (QED) is 0.320. The van der Waals surface area contributed by atoms with Gasteiger partial charge in [-0.25, -0.2) is 9.59 Å². The van der Waals surface area contributed by atoms with Gasteiger partial charge in [-0.2, -0.15) is 13.2 Å². The smallest absolute Gasteiger partial charge is 0.417 e. The molecule has 1 heterocycles. The molecule has 4 aromatic rings. The van der Waals surface area contributed by atoms with E-state index in [1.807, 2.05) is 48.5 Å². The zero-order valence-electron chi connectivity index (χ0n) is 18.8. The standard InChI is InChI=1S/C27H21F3N2O4/c28-27(29,30)21-10-5-11-22-24(21)15(13-31-22)12-23(25(33)34)32-26(35)36-14-20-18-8-3-1-6-16(18)17-7-2-4-9-19(17)20/h1-11,13,20,23,31H,12,14H2,(H,32,35)(H,33,34)/t23-/m0/s1. The predicted molar refractivity (Wildman–Crippen MR) is 127 cm³/mol. The summed E-state index contributed by atoms with van der Waals surface area (Å²) in [6.45, 7) is -0.0164. The molecule has 1 aliphatic carbocycles. The number of carboxylic acid groups (broad SMARTS) is 1. The van der Waals surface area contributed by atoms with Crippen LogP contribution < -0.4 is 5.32 Å². The first-order valence-corrected chi connectivity index (χ1v) is 11.2. The Balaban J connectivity index is 1.32. The zero-order chi connectivity index (χ0) is 25.4. The molecule has 9 heteroatoms. The summed E-state index contributed by atoms with van der Waals surface area (Å²) < 4.78 is 46.0. The fraction of sp³-hybridized carbons (Fsp3) is 0.185. The first kappa shape index (κ1) is 23.5. The van der Waals surface area contributed by atoms with Crippen LogP contribution in [0.2, 0.25) is 0 Å². The van der Waals surface area contributed by atoms with Crippen molar-refractivity contribution in [2.45, 2.75) is 24.6 Å². The van der Waals surface area contributed by atoms with Crippen LogP contribution in [0.1, 0.15) is 28.2 Å². The van der Waals surface area contributed by atoms with Crippen LogP contribution in [0.4, 0.5) is 18.0 Å². The van der Waals surface area contributed by atoms with Gasteiger partial charge in [0.1, 0.15) is 12.6 Å². The van der Waals surface area contributed by atoms with Crippen molar-refractivity contribution in [3.63, 3.8) is 0 Å². The lowest BCUT2D eigenvalue weighted by molar-refractivity contribution is -0.139. The molecule has 1 aromatic heterocycles. The largest absolute Gasteiger partial charge is 0.480 e. The lowest BCUT2D eigenvalue weighted by Crippen LogP contribution is -2.42. The molecule has 0 radical (unpaired) electrons. The molecule has 3 aromatic carbocycles. The fourth-order valence-corrected chi connectivity index (χ4v) is 4.86. The number of aromatic nitrogens is 1. The van der Waals surface area contributed by atoms with Gasteiger partial charge in [0.15, 0.2) is 0 Å². The van der Waals surface area contributed by atoms with Gasteiger partial charge in [0.05, 0.1) is 5.56 Å². The molecule has 5 rings (SSSR count). The second-order valence-corrected chi connectivity index (χ2v) is 8.60. The number of carboxylic acids is 1. The van der Waals surface area contributed by atoms with Gasteiger partial charge in [0.2, 0.25) is 0 Å². The molecule has 1 amide bonds. The summed E-state index contributed by atoms with van der Waals surface area (Å²) in [5, 5.41) is 11.8. The Hall–Kier alpha value is -4.27. The number of fused-ring (bicyclic) bond motifs is 4. The molecular formula is C27H21F3N2O4. The normalized spacial score (nSPS) is 13.8. The van der Waals surface area contributed by atoms with E-state index < -0.39 is 29.8 Å². The van der Waals surface area contributed by atoms with Crippen molar-refractivity contribution in [3.05, 3.63) is 95.2 Å². The van der Waals surface area contributed by atoms with Gasteiger partial charge in [0.25, 0.3) is 0 Å². The van der Waals surface area contributed by atoms with Crippen LogP contribution in [0.5, 0.6) is 0 Å². The molecule has 3 N–H and O–H groups in total. The summed E-state index contributed by atoms with van der Waals surface area (Å²) in [4.78, 5) is 27.2. The number of amides is 1. The van der Waals surface area contributed by atoms with E-state index in [9.17, 15) is 27.9 Å². The molecule has 0 bridgehead atoms. The topological polar surface area (TPSA) is 91.4 Å². The second-order valence-electron chi connectivity index (χ2n) is 8.60. The van der Waals surface area contributed by atoms with Crippen molar-refractivity contribution in [1.29, 1.82) is 0 Å². The lowest BCUT2D eigenvalue weighted by atomic mass is 9.98. The van der Waals surface area contributed by atoms with E-state index in [0.717, 1.165) is 28.3 Å². The molecule has 0 saturated carbocycles. The van der Waals surface area contributed by atoms with Crippen LogP contribution in [0.3, 0.4) is 0 Å². The summed E-state index contributed by atoms with van der Waals surface area (Å²) in [7, 11) is 0. The number of halogens is 3. The molecule has 0 aliphatic heterocycles. The van der Waals surface area contributed by atoms with E-state index in [2.05, 4.69) is 10.3 Å². The van der Waals surface area contributed by atoms with E-state index in [4.69, 9.17) is 4.74 Å². The highest BCUT2D eigenvalue weighted by Crippen LogP contribution is 2.44. The van der Waals surface area contributed by atoms with Crippen LogP contribution in [0.25, 0.3) is 22.0 Å². The van der Waals surface area contributed by atoms with E-state index in [-0.39, 0.29) is 35.4 Å². The number of alkyl halides is 3. The highest BCUT2D eigenvalue weighted by atomic mass is 19.4. The summed E-state index contributed by atoms with van der Waals surface area (Å²) in [6.07, 6.45) is -4.60. The molecule has 1 aliphatic rings. The molecule has 1 atom stereocenters. The van der Waals surface area contributed by atoms with Gasteiger partial charge in [-0.15, -0.1) is 0 Å². The number of benzene rings is 3. The molecular weight excluding hydrogens is 473 g/mol. The molecule has 36 heavy (non-hydrogen) atoms. The fourth-order valence-electron chi connectivity index (χ4n) is 4.86. The van der Waals surface area contributed by atoms with Gasteiger partial charge >= 0.3 is 18.2 Å². The van der Waals surface area contributed by atoms with Crippen molar-refractivity contribution >= 4 is 23.0 Å². The minimum absolute atomic E-state index is 0.0164. The summed E-state index contributed by atoms with van der Waals surface area (Å²) in [6, 6.07) is 17.7. The van der Waals surface area contributed by atoms with Crippen LogP contribution in [-0.2, 0) is 22.1 Å². The average Bonchev–Trinajstić information content (AvgIpc) is 3.40. The van der Waals surface area contributed by atoms with Crippen LogP contribution in [0.15, 0.2) is 72.9 Å². The minimum atomic E-state index is -4.62. The van der Waals surface area contributed by atoms with Crippen molar-refractivity contribution in [3.8, 4) is 11.1 Å². The molecule has 0 saturated heterocycles. The molecule has 0 fully saturated rings. The number of rotatable bonds is 6. The number of hydrogen-bond acceptors (Lipinski definition) is 3. The molecule has 184 valence electrons. The van der Waals surface area contributed by atoms with Crippen molar-refractivity contribution in [2.24, 2.45) is 0 Å². The first-order valence-electron chi connectivity index (χ1n) is 11.2. The average molecular weight is 494 g/mol. The van der Waals surface area contributed by atoms with Crippen molar-refractivity contribution in [1.82, 2.24) is 10.3 Å². The van der Waals surface area contributed by atoms with Gasteiger partial charge < -0.3 is 20.1 Å². The van der Waals surface area contributed by atoms with Crippen LogP contribution in [-0.4, -0.2) is 34.8 Å². The minimum Gasteiger partial charge on any atom is -0.480 e. The SMILES string of the molecule is O=C(N[C@@H](Cc1c[nH]c2cccc(C(F)(F)F)c12)C(=O)O)OCC1c2ccccc2-c2ccccc21. The Morgan fingerprint density at radius 1 is 0.972 bits per heavy atom. The Bertz CT molecular complexity index is 1420. The molecule has 6 nitrogen and oxygen atoms in total. The third kappa shape index (κ3) is 4.28. The van der Waals surface area contributed by atoms with Gasteiger partial charge in [-0.1, -0.05) is 54.6 Å². The Morgan fingerprint density at radius 2 is 1.61 bits per heavy atom. The second kappa shape index (κ2) is 9.07. The van der Waals surface area contributed by atoms with Gasteiger partial charge in [-0.3, -0.25) is 0 Å². The Morgan fingerprint density at radius 3 is 2.22 bits per heavy atom. The van der Waals surface area contributed by atoms with Crippen molar-refractivity contribution in [2.75, 3.05) is 6.61 Å². The lowest BCUT2D eigenvalue weighted by Gasteiger charge is -2.18. The number of nitrogens with one attached hydrogen (secondary N) is 2. The number of aromatic amines is 1. The number of aliphatic carboxylic acids is 1. The number of carbonyl (C=O) groups excluding carboxylic acids is 1. The van der Waals surface area contributed by atoms with E-state index in [1.165, 1.54) is 18.3 Å². The summed E-state index contributed by atoms with van der Waals surface area (Å²) in [5.41, 5.74) is 3.58. The first-order chi connectivity index (χ1) is 17.2. The summed E-state index contributed by atoms with van der Waals surface area (Å²) in [5.74, 6) is -1.60. The Labute approximate surface area is 203 Å². The highest BCUT2D eigenvalue weighted by Gasteiger charge is 2.35. The van der Waals surface area contributed by atoms with Gasteiger partial charge in [0, 0.05) is 29.4 Å². The number of H-pyrrole nitrogens is 1. The number of hydrogen-bond donors (Lipinski definition) is 3. The van der Waals surface area contributed by atoms with Crippen LogP contribution >= 0.6 is 0 Å².